The van der Waals surface area contributed by atoms with Gasteiger partial charge in [0.1, 0.15) is 0 Å². The second-order valence-electron chi connectivity index (χ2n) is 4.61. The summed E-state index contributed by atoms with van der Waals surface area (Å²) in [5.41, 5.74) is 2.46. The zero-order valence-electron chi connectivity index (χ0n) is 10.9. The molecule has 0 amide bonds. The second kappa shape index (κ2) is 5.43. The van der Waals surface area contributed by atoms with E-state index in [1.54, 1.807) is 7.11 Å². The lowest BCUT2D eigenvalue weighted by Gasteiger charge is -2.28. The lowest BCUT2D eigenvalue weighted by atomic mass is 10.0. The molecule has 3 heterocycles. The SMILES string of the molecule is COc1ccc(NC2C[C@H](C)Sc3sccc32)cn1. The Hall–Kier alpha value is -1.20. The van der Waals surface area contributed by atoms with Gasteiger partial charge in [0.15, 0.2) is 0 Å². The topological polar surface area (TPSA) is 34.1 Å². The van der Waals surface area contributed by atoms with E-state index < -0.39 is 0 Å². The number of hydrogen-bond donors (Lipinski definition) is 1. The van der Waals surface area contributed by atoms with Crippen molar-refractivity contribution in [2.24, 2.45) is 0 Å². The van der Waals surface area contributed by atoms with Crippen molar-refractivity contribution in [2.75, 3.05) is 12.4 Å². The van der Waals surface area contributed by atoms with Gasteiger partial charge in [-0.05, 0) is 29.5 Å². The molecule has 5 heteroatoms. The van der Waals surface area contributed by atoms with Gasteiger partial charge in [0, 0.05) is 11.3 Å². The Balaban J connectivity index is 1.79. The maximum Gasteiger partial charge on any atom is 0.213 e. The van der Waals surface area contributed by atoms with Crippen LogP contribution >= 0.6 is 23.1 Å². The third-order valence-corrected chi connectivity index (χ3v) is 5.54. The summed E-state index contributed by atoms with van der Waals surface area (Å²) in [6, 6.07) is 6.52. The molecule has 2 aromatic heterocycles. The summed E-state index contributed by atoms with van der Waals surface area (Å²) in [5, 5.41) is 6.41. The third kappa shape index (κ3) is 2.72. The Labute approximate surface area is 121 Å². The fraction of sp³-hybridized carbons (Fsp3) is 0.357. The normalized spacial score (nSPS) is 21.8. The summed E-state index contributed by atoms with van der Waals surface area (Å²) in [7, 11) is 1.63. The number of fused-ring (bicyclic) bond motifs is 1. The highest BCUT2D eigenvalue weighted by Gasteiger charge is 2.26. The van der Waals surface area contributed by atoms with Crippen LogP contribution in [0.15, 0.2) is 34.0 Å². The van der Waals surface area contributed by atoms with Crippen LogP contribution in [0.5, 0.6) is 5.88 Å². The summed E-state index contributed by atoms with van der Waals surface area (Å²) in [4.78, 5) is 4.24. The number of aromatic nitrogens is 1. The van der Waals surface area contributed by atoms with Gasteiger partial charge in [0.05, 0.1) is 29.2 Å². The average molecular weight is 292 g/mol. The van der Waals surface area contributed by atoms with Crippen molar-refractivity contribution in [3.8, 4) is 5.88 Å². The van der Waals surface area contributed by atoms with E-state index in [0.29, 0.717) is 17.2 Å². The Morgan fingerprint density at radius 2 is 2.26 bits per heavy atom. The first kappa shape index (κ1) is 12.8. The van der Waals surface area contributed by atoms with Crippen LogP contribution < -0.4 is 10.1 Å². The predicted molar refractivity (Wildman–Crippen MR) is 81.4 cm³/mol. The molecule has 1 aliphatic heterocycles. The first-order valence-corrected chi connectivity index (χ1v) is 8.03. The van der Waals surface area contributed by atoms with E-state index in [1.165, 1.54) is 9.77 Å². The molecule has 0 saturated carbocycles. The molecule has 2 atom stereocenters. The third-order valence-electron chi connectivity index (χ3n) is 3.20. The molecule has 0 saturated heterocycles. The lowest BCUT2D eigenvalue weighted by molar-refractivity contribution is 0.398. The van der Waals surface area contributed by atoms with Crippen LogP contribution in [0.25, 0.3) is 0 Å². The lowest BCUT2D eigenvalue weighted by Crippen LogP contribution is -2.19. The molecule has 1 N–H and O–H groups in total. The quantitative estimate of drug-likeness (QED) is 0.920. The maximum absolute atomic E-state index is 5.08. The van der Waals surface area contributed by atoms with Crippen molar-refractivity contribution in [1.82, 2.24) is 4.98 Å². The Kier molecular flexibility index (Phi) is 3.66. The molecular formula is C14H16N2OS2. The highest BCUT2D eigenvalue weighted by molar-refractivity contribution is 8.01. The highest BCUT2D eigenvalue weighted by Crippen LogP contribution is 2.44. The molecule has 1 aliphatic rings. The largest absolute Gasteiger partial charge is 0.481 e. The molecule has 0 aromatic carbocycles. The van der Waals surface area contributed by atoms with Crippen LogP contribution in [-0.4, -0.2) is 17.3 Å². The zero-order chi connectivity index (χ0) is 13.2. The highest BCUT2D eigenvalue weighted by atomic mass is 32.2. The van der Waals surface area contributed by atoms with E-state index in [4.69, 9.17) is 4.74 Å². The standard InChI is InChI=1S/C14H16N2OS2/c1-9-7-12(11-5-6-18-14(11)19-9)16-10-3-4-13(17-2)15-8-10/h3-6,8-9,12,16H,7H2,1-2H3/t9-,12?/m0/s1. The molecule has 0 fully saturated rings. The first-order valence-electron chi connectivity index (χ1n) is 6.27. The van der Waals surface area contributed by atoms with Crippen LogP contribution in [0.3, 0.4) is 0 Å². The van der Waals surface area contributed by atoms with Crippen LogP contribution in [0.4, 0.5) is 5.69 Å². The van der Waals surface area contributed by atoms with Gasteiger partial charge < -0.3 is 10.1 Å². The van der Waals surface area contributed by atoms with Crippen molar-refractivity contribution in [3.05, 3.63) is 35.3 Å². The molecule has 0 radical (unpaired) electrons. The van der Waals surface area contributed by atoms with E-state index in [-0.39, 0.29) is 0 Å². The second-order valence-corrected chi connectivity index (χ2v) is 7.24. The zero-order valence-corrected chi connectivity index (χ0v) is 12.6. The van der Waals surface area contributed by atoms with Crippen molar-refractivity contribution in [1.29, 1.82) is 0 Å². The van der Waals surface area contributed by atoms with Crippen LogP contribution in [-0.2, 0) is 0 Å². The van der Waals surface area contributed by atoms with Gasteiger partial charge in [-0.1, -0.05) is 6.92 Å². The van der Waals surface area contributed by atoms with Crippen LogP contribution in [0.2, 0.25) is 0 Å². The van der Waals surface area contributed by atoms with Crippen molar-refractivity contribution < 1.29 is 4.74 Å². The minimum Gasteiger partial charge on any atom is -0.481 e. The van der Waals surface area contributed by atoms with Gasteiger partial charge in [-0.3, -0.25) is 0 Å². The van der Waals surface area contributed by atoms with Crippen molar-refractivity contribution in [2.45, 2.75) is 28.8 Å². The Morgan fingerprint density at radius 1 is 1.37 bits per heavy atom. The van der Waals surface area contributed by atoms with Gasteiger partial charge >= 0.3 is 0 Å². The number of methoxy groups -OCH3 is 1. The number of thiophene rings is 1. The summed E-state index contributed by atoms with van der Waals surface area (Å²) in [5.74, 6) is 0.648. The van der Waals surface area contributed by atoms with Gasteiger partial charge in [-0.15, -0.1) is 23.1 Å². The number of ether oxygens (including phenoxy) is 1. The smallest absolute Gasteiger partial charge is 0.213 e. The molecule has 100 valence electrons. The number of nitrogens with zero attached hydrogens (tertiary/aromatic N) is 1. The minimum atomic E-state index is 0.382. The Morgan fingerprint density at radius 3 is 3.00 bits per heavy atom. The monoisotopic (exact) mass is 292 g/mol. The summed E-state index contributed by atoms with van der Waals surface area (Å²) in [6.07, 6.45) is 2.97. The number of hydrogen-bond acceptors (Lipinski definition) is 5. The van der Waals surface area contributed by atoms with Crippen molar-refractivity contribution in [3.63, 3.8) is 0 Å². The fourth-order valence-electron chi connectivity index (χ4n) is 2.27. The van der Waals surface area contributed by atoms with Gasteiger partial charge in [0.25, 0.3) is 0 Å². The maximum atomic E-state index is 5.08. The van der Waals surface area contributed by atoms with E-state index in [0.717, 1.165) is 12.1 Å². The van der Waals surface area contributed by atoms with Crippen LogP contribution in [0, 0.1) is 0 Å². The van der Waals surface area contributed by atoms with E-state index in [9.17, 15) is 0 Å². The summed E-state index contributed by atoms with van der Waals surface area (Å²) < 4.78 is 6.52. The molecule has 3 nitrogen and oxygen atoms in total. The molecule has 0 spiro atoms. The number of thioether (sulfide) groups is 1. The van der Waals surface area contributed by atoms with E-state index in [2.05, 4.69) is 28.7 Å². The Bertz CT molecular complexity index is 553. The summed E-state index contributed by atoms with van der Waals surface area (Å²) in [6.45, 7) is 2.29. The molecule has 3 rings (SSSR count). The first-order chi connectivity index (χ1) is 9.26. The number of pyridine rings is 1. The molecule has 2 aromatic rings. The van der Waals surface area contributed by atoms with Crippen LogP contribution in [0.1, 0.15) is 24.9 Å². The molecular weight excluding hydrogens is 276 g/mol. The van der Waals surface area contributed by atoms with Crippen molar-refractivity contribution >= 4 is 28.8 Å². The van der Waals surface area contributed by atoms with E-state index >= 15 is 0 Å². The molecule has 19 heavy (non-hydrogen) atoms. The average Bonchev–Trinajstić information content (AvgIpc) is 2.88. The fourth-order valence-corrected chi connectivity index (χ4v) is 4.84. The van der Waals surface area contributed by atoms with E-state index in [1.807, 2.05) is 41.4 Å². The molecule has 0 bridgehead atoms. The van der Waals surface area contributed by atoms with Gasteiger partial charge in [0.2, 0.25) is 5.88 Å². The number of rotatable bonds is 3. The predicted octanol–water partition coefficient (Wildman–Crippen LogP) is 4.19. The minimum absolute atomic E-state index is 0.382. The number of anilines is 1. The summed E-state index contributed by atoms with van der Waals surface area (Å²) >= 11 is 3.82. The molecule has 0 aliphatic carbocycles. The van der Waals surface area contributed by atoms with Gasteiger partial charge in [-0.2, -0.15) is 0 Å². The number of nitrogens with one attached hydrogen (secondary N) is 1. The molecule has 1 unspecified atom stereocenters. The van der Waals surface area contributed by atoms with Gasteiger partial charge in [-0.25, -0.2) is 4.98 Å².